The van der Waals surface area contributed by atoms with Gasteiger partial charge in [0.2, 0.25) is 0 Å². The van der Waals surface area contributed by atoms with Crippen LogP contribution in [0.3, 0.4) is 0 Å². The van der Waals surface area contributed by atoms with Gasteiger partial charge in [0, 0.05) is 18.2 Å². The van der Waals surface area contributed by atoms with Crippen LogP contribution < -0.4 is 14.8 Å². The largest absolute Gasteiger partial charge is 0.497 e. The van der Waals surface area contributed by atoms with Crippen molar-refractivity contribution in [3.63, 3.8) is 0 Å². The highest BCUT2D eigenvalue weighted by atomic mass is 16.5. The third kappa shape index (κ3) is 3.58. The van der Waals surface area contributed by atoms with E-state index in [2.05, 4.69) is 25.2 Å². The standard InChI is InChI=1S/C18H21NO3/c1-12-6-5-7-14(13(12)2)11-19-18(20)15-8-16(21-3)10-17(9-15)22-4/h5-10H,11H2,1-4H3,(H,19,20). The fourth-order valence-electron chi connectivity index (χ4n) is 2.22. The van der Waals surface area contributed by atoms with Crippen LogP contribution in [0.4, 0.5) is 0 Å². The van der Waals surface area contributed by atoms with Crippen LogP contribution in [0.1, 0.15) is 27.0 Å². The molecule has 0 bridgehead atoms. The molecule has 0 aliphatic heterocycles. The van der Waals surface area contributed by atoms with Gasteiger partial charge >= 0.3 is 0 Å². The molecule has 1 amide bonds. The lowest BCUT2D eigenvalue weighted by atomic mass is 10.0. The fourth-order valence-corrected chi connectivity index (χ4v) is 2.22. The zero-order valence-electron chi connectivity index (χ0n) is 13.4. The Morgan fingerprint density at radius 1 is 1.05 bits per heavy atom. The highest BCUT2D eigenvalue weighted by molar-refractivity contribution is 5.95. The lowest BCUT2D eigenvalue weighted by molar-refractivity contribution is 0.0950. The molecule has 0 heterocycles. The third-order valence-electron chi connectivity index (χ3n) is 3.77. The van der Waals surface area contributed by atoms with E-state index in [0.29, 0.717) is 23.6 Å². The van der Waals surface area contributed by atoms with E-state index in [1.807, 2.05) is 12.1 Å². The van der Waals surface area contributed by atoms with E-state index in [0.717, 1.165) is 5.56 Å². The lowest BCUT2D eigenvalue weighted by Crippen LogP contribution is -2.23. The molecule has 0 aliphatic carbocycles. The second-order valence-electron chi connectivity index (χ2n) is 5.14. The van der Waals surface area contributed by atoms with Gasteiger partial charge in [-0.3, -0.25) is 4.79 Å². The summed E-state index contributed by atoms with van der Waals surface area (Å²) in [6.45, 7) is 4.62. The average molecular weight is 299 g/mol. The van der Waals surface area contributed by atoms with Crippen molar-refractivity contribution >= 4 is 5.91 Å². The number of aryl methyl sites for hydroxylation is 1. The van der Waals surface area contributed by atoms with Crippen molar-refractivity contribution in [1.82, 2.24) is 5.32 Å². The first-order valence-electron chi connectivity index (χ1n) is 7.11. The van der Waals surface area contributed by atoms with Gasteiger partial charge in [-0.05, 0) is 42.7 Å². The number of carbonyl (C=O) groups excluding carboxylic acids is 1. The maximum atomic E-state index is 12.3. The molecule has 4 heteroatoms. The molecule has 0 radical (unpaired) electrons. The van der Waals surface area contributed by atoms with Crippen LogP contribution in [-0.4, -0.2) is 20.1 Å². The maximum absolute atomic E-state index is 12.3. The van der Waals surface area contributed by atoms with Crippen LogP contribution in [0.2, 0.25) is 0 Å². The van der Waals surface area contributed by atoms with Crippen LogP contribution >= 0.6 is 0 Å². The molecule has 0 spiro atoms. The summed E-state index contributed by atoms with van der Waals surface area (Å²) in [5.74, 6) is 1.03. The fraction of sp³-hybridized carbons (Fsp3) is 0.278. The van der Waals surface area contributed by atoms with Crippen molar-refractivity contribution in [1.29, 1.82) is 0 Å². The Kier molecular flexibility index (Phi) is 5.04. The summed E-state index contributed by atoms with van der Waals surface area (Å²) in [5.41, 5.74) is 4.05. The van der Waals surface area contributed by atoms with Gasteiger partial charge in [-0.2, -0.15) is 0 Å². The third-order valence-corrected chi connectivity index (χ3v) is 3.77. The summed E-state index contributed by atoms with van der Waals surface area (Å²) in [4.78, 5) is 12.3. The van der Waals surface area contributed by atoms with E-state index in [9.17, 15) is 4.79 Å². The van der Waals surface area contributed by atoms with Gasteiger partial charge in [0.05, 0.1) is 14.2 Å². The first-order chi connectivity index (χ1) is 10.5. The minimum Gasteiger partial charge on any atom is -0.497 e. The summed E-state index contributed by atoms with van der Waals surface area (Å²) >= 11 is 0. The van der Waals surface area contributed by atoms with Gasteiger partial charge < -0.3 is 14.8 Å². The van der Waals surface area contributed by atoms with Crippen LogP contribution in [0.5, 0.6) is 11.5 Å². The molecule has 2 aromatic carbocycles. The number of hydrogen-bond acceptors (Lipinski definition) is 3. The molecular formula is C18H21NO3. The summed E-state index contributed by atoms with van der Waals surface area (Å²) < 4.78 is 10.4. The Hall–Kier alpha value is -2.49. The number of carbonyl (C=O) groups is 1. The Bertz CT molecular complexity index is 658. The molecular weight excluding hydrogens is 278 g/mol. The number of methoxy groups -OCH3 is 2. The Morgan fingerprint density at radius 3 is 2.27 bits per heavy atom. The molecule has 0 saturated carbocycles. The van der Waals surface area contributed by atoms with Gasteiger partial charge in [-0.15, -0.1) is 0 Å². The van der Waals surface area contributed by atoms with Crippen LogP contribution in [0.15, 0.2) is 36.4 Å². The van der Waals surface area contributed by atoms with E-state index < -0.39 is 0 Å². The molecule has 2 rings (SSSR count). The Labute approximate surface area is 131 Å². The number of rotatable bonds is 5. The second-order valence-corrected chi connectivity index (χ2v) is 5.14. The SMILES string of the molecule is COc1cc(OC)cc(C(=O)NCc2cccc(C)c2C)c1. The predicted octanol–water partition coefficient (Wildman–Crippen LogP) is 3.25. The zero-order valence-corrected chi connectivity index (χ0v) is 13.4. The van der Waals surface area contributed by atoms with Gasteiger partial charge in [0.25, 0.3) is 5.91 Å². The van der Waals surface area contributed by atoms with Crippen molar-refractivity contribution in [2.24, 2.45) is 0 Å². The molecule has 0 saturated heterocycles. The Balaban J connectivity index is 2.14. The predicted molar refractivity (Wildman–Crippen MR) is 86.6 cm³/mol. The molecule has 1 N–H and O–H groups in total. The summed E-state index contributed by atoms with van der Waals surface area (Å²) in [7, 11) is 3.12. The minimum atomic E-state index is -0.155. The normalized spacial score (nSPS) is 10.2. The van der Waals surface area contributed by atoms with E-state index in [-0.39, 0.29) is 5.91 Å². The van der Waals surface area contributed by atoms with E-state index >= 15 is 0 Å². The molecule has 0 atom stereocenters. The van der Waals surface area contributed by atoms with Crippen molar-refractivity contribution in [2.45, 2.75) is 20.4 Å². The number of benzene rings is 2. The number of ether oxygens (including phenoxy) is 2. The molecule has 4 nitrogen and oxygen atoms in total. The molecule has 116 valence electrons. The topological polar surface area (TPSA) is 47.6 Å². The van der Waals surface area contributed by atoms with Crippen molar-refractivity contribution in [3.8, 4) is 11.5 Å². The number of hydrogen-bond donors (Lipinski definition) is 1. The minimum absolute atomic E-state index is 0.155. The zero-order chi connectivity index (χ0) is 16.1. The molecule has 0 aromatic heterocycles. The summed E-state index contributed by atoms with van der Waals surface area (Å²) in [6.07, 6.45) is 0. The van der Waals surface area contributed by atoms with Gasteiger partial charge in [0.1, 0.15) is 11.5 Å². The van der Waals surface area contributed by atoms with Crippen molar-refractivity contribution < 1.29 is 14.3 Å². The van der Waals surface area contributed by atoms with Gasteiger partial charge in [0.15, 0.2) is 0 Å². The monoisotopic (exact) mass is 299 g/mol. The highest BCUT2D eigenvalue weighted by Crippen LogP contribution is 2.22. The summed E-state index contributed by atoms with van der Waals surface area (Å²) in [5, 5.41) is 2.94. The smallest absolute Gasteiger partial charge is 0.251 e. The quantitative estimate of drug-likeness (QED) is 0.922. The van der Waals surface area contributed by atoms with Crippen LogP contribution in [0.25, 0.3) is 0 Å². The van der Waals surface area contributed by atoms with Crippen LogP contribution in [-0.2, 0) is 6.54 Å². The van der Waals surface area contributed by atoms with Crippen LogP contribution in [0, 0.1) is 13.8 Å². The lowest BCUT2D eigenvalue weighted by Gasteiger charge is -2.11. The molecule has 0 fully saturated rings. The Morgan fingerprint density at radius 2 is 1.68 bits per heavy atom. The first-order valence-corrected chi connectivity index (χ1v) is 7.11. The summed E-state index contributed by atoms with van der Waals surface area (Å²) in [6, 6.07) is 11.2. The maximum Gasteiger partial charge on any atom is 0.251 e. The molecule has 2 aromatic rings. The number of nitrogens with one attached hydrogen (secondary N) is 1. The first kappa shape index (κ1) is 15.9. The number of amides is 1. The van der Waals surface area contributed by atoms with Gasteiger partial charge in [-0.25, -0.2) is 0 Å². The molecule has 0 unspecified atom stereocenters. The van der Waals surface area contributed by atoms with E-state index in [1.165, 1.54) is 11.1 Å². The van der Waals surface area contributed by atoms with E-state index in [4.69, 9.17) is 9.47 Å². The molecule has 22 heavy (non-hydrogen) atoms. The van der Waals surface area contributed by atoms with Crippen molar-refractivity contribution in [2.75, 3.05) is 14.2 Å². The highest BCUT2D eigenvalue weighted by Gasteiger charge is 2.10. The van der Waals surface area contributed by atoms with Crippen molar-refractivity contribution in [3.05, 3.63) is 58.7 Å². The molecule has 0 aliphatic rings. The average Bonchev–Trinajstić information content (AvgIpc) is 2.55. The van der Waals surface area contributed by atoms with E-state index in [1.54, 1.807) is 32.4 Å². The van der Waals surface area contributed by atoms with Gasteiger partial charge in [-0.1, -0.05) is 18.2 Å². The second kappa shape index (κ2) is 6.98.